The zero-order valence-corrected chi connectivity index (χ0v) is 14.9. The van der Waals surface area contributed by atoms with E-state index >= 15 is 0 Å². The molecule has 0 saturated heterocycles. The predicted octanol–water partition coefficient (Wildman–Crippen LogP) is 2.90. The third-order valence-corrected chi connectivity index (χ3v) is 3.53. The zero-order chi connectivity index (χ0) is 17.6. The first-order chi connectivity index (χ1) is 10.6. The molecule has 1 radical (unpaired) electrons. The SMILES string of the molecule is CC(C)(C)OC(O)CCC(=O)[N]Cc1cc([N+](=O)[O-])ccc1Br. The number of nitro groups is 1. The van der Waals surface area contributed by atoms with Crippen LogP contribution in [-0.4, -0.2) is 27.8 Å². The van der Waals surface area contributed by atoms with E-state index in [-0.39, 0.29) is 31.0 Å². The molecule has 1 rings (SSSR count). The highest BCUT2D eigenvalue weighted by atomic mass is 79.9. The Morgan fingerprint density at radius 2 is 2.13 bits per heavy atom. The lowest BCUT2D eigenvalue weighted by Gasteiger charge is -2.23. The molecule has 0 bridgehead atoms. The average molecular weight is 388 g/mol. The van der Waals surface area contributed by atoms with Crippen molar-refractivity contribution >= 4 is 27.5 Å². The first-order valence-corrected chi connectivity index (χ1v) is 7.87. The Morgan fingerprint density at radius 1 is 1.48 bits per heavy atom. The summed E-state index contributed by atoms with van der Waals surface area (Å²) in [5, 5.41) is 24.3. The van der Waals surface area contributed by atoms with Crippen molar-refractivity contribution in [2.75, 3.05) is 0 Å². The monoisotopic (exact) mass is 387 g/mol. The fourth-order valence-electron chi connectivity index (χ4n) is 1.76. The molecule has 23 heavy (non-hydrogen) atoms. The van der Waals surface area contributed by atoms with Gasteiger partial charge in [0.2, 0.25) is 5.91 Å². The summed E-state index contributed by atoms with van der Waals surface area (Å²) in [6.07, 6.45) is -0.835. The van der Waals surface area contributed by atoms with Crippen molar-refractivity contribution in [2.24, 2.45) is 0 Å². The second-order valence-corrected chi connectivity index (χ2v) is 6.82. The maximum absolute atomic E-state index is 11.7. The highest BCUT2D eigenvalue weighted by Crippen LogP contribution is 2.22. The van der Waals surface area contributed by atoms with Crippen LogP contribution < -0.4 is 5.32 Å². The average Bonchev–Trinajstić information content (AvgIpc) is 2.42. The van der Waals surface area contributed by atoms with E-state index in [1.807, 2.05) is 20.8 Å². The minimum atomic E-state index is -1.03. The molecular weight excluding hydrogens is 368 g/mol. The number of amides is 1. The number of carbonyl (C=O) groups excluding carboxylic acids is 1. The van der Waals surface area contributed by atoms with E-state index in [9.17, 15) is 20.0 Å². The molecule has 1 N–H and O–H groups in total. The van der Waals surface area contributed by atoms with Gasteiger partial charge in [0.25, 0.3) is 5.69 Å². The van der Waals surface area contributed by atoms with E-state index in [1.54, 1.807) is 6.07 Å². The molecule has 8 heteroatoms. The zero-order valence-electron chi connectivity index (χ0n) is 13.3. The Morgan fingerprint density at radius 3 is 2.70 bits per heavy atom. The fraction of sp³-hybridized carbons (Fsp3) is 0.533. The number of halogens is 1. The summed E-state index contributed by atoms with van der Waals surface area (Å²) >= 11 is 3.27. The van der Waals surface area contributed by atoms with Crippen molar-refractivity contribution in [3.8, 4) is 0 Å². The third-order valence-electron chi connectivity index (χ3n) is 2.76. The van der Waals surface area contributed by atoms with Crippen LogP contribution in [0.25, 0.3) is 0 Å². The summed E-state index contributed by atoms with van der Waals surface area (Å²) in [6.45, 7) is 5.46. The van der Waals surface area contributed by atoms with Crippen LogP contribution in [0.5, 0.6) is 0 Å². The number of ether oxygens (including phenoxy) is 1. The number of nitro benzene ring substituents is 1. The molecule has 0 aliphatic carbocycles. The van der Waals surface area contributed by atoms with Gasteiger partial charge in [0.05, 0.1) is 17.1 Å². The van der Waals surface area contributed by atoms with E-state index in [2.05, 4.69) is 21.2 Å². The second kappa shape index (κ2) is 8.37. The summed E-state index contributed by atoms with van der Waals surface area (Å²) < 4.78 is 5.94. The van der Waals surface area contributed by atoms with Gasteiger partial charge in [-0.25, -0.2) is 5.32 Å². The molecule has 1 aromatic carbocycles. The highest BCUT2D eigenvalue weighted by Gasteiger charge is 2.18. The first kappa shape index (κ1) is 19.5. The van der Waals surface area contributed by atoms with Gasteiger partial charge >= 0.3 is 0 Å². The summed E-state index contributed by atoms with van der Waals surface area (Å²) in [5.74, 6) is -0.389. The molecule has 0 aliphatic heterocycles. The topological polar surface area (TPSA) is 104 Å². The highest BCUT2D eigenvalue weighted by molar-refractivity contribution is 9.10. The van der Waals surface area contributed by atoms with Crippen LogP contribution in [0.2, 0.25) is 0 Å². The summed E-state index contributed by atoms with van der Waals surface area (Å²) in [7, 11) is 0. The van der Waals surface area contributed by atoms with Crippen LogP contribution in [0.15, 0.2) is 22.7 Å². The van der Waals surface area contributed by atoms with Crippen molar-refractivity contribution in [1.29, 1.82) is 0 Å². The van der Waals surface area contributed by atoms with E-state index in [0.29, 0.717) is 10.0 Å². The van der Waals surface area contributed by atoms with Gasteiger partial charge in [-0.15, -0.1) is 0 Å². The minimum Gasteiger partial charge on any atom is -0.368 e. The number of hydrogen-bond donors (Lipinski definition) is 1. The lowest BCUT2D eigenvalue weighted by Crippen LogP contribution is -2.28. The molecule has 0 saturated carbocycles. The number of benzene rings is 1. The predicted molar refractivity (Wildman–Crippen MR) is 87.7 cm³/mol. The number of nitrogens with zero attached hydrogens (tertiary/aromatic N) is 2. The maximum atomic E-state index is 11.7. The van der Waals surface area contributed by atoms with Crippen LogP contribution >= 0.6 is 15.9 Å². The molecule has 0 spiro atoms. The molecular formula is C15H20BrN2O5. The molecule has 1 amide bonds. The summed E-state index contributed by atoms with van der Waals surface area (Å²) in [4.78, 5) is 22.0. The van der Waals surface area contributed by atoms with Crippen LogP contribution in [0, 0.1) is 10.1 Å². The maximum Gasteiger partial charge on any atom is 0.269 e. The number of hydrogen-bond acceptors (Lipinski definition) is 5. The lowest BCUT2D eigenvalue weighted by molar-refractivity contribution is -0.384. The molecule has 127 valence electrons. The first-order valence-electron chi connectivity index (χ1n) is 7.07. The van der Waals surface area contributed by atoms with Crippen LogP contribution in [0.1, 0.15) is 39.2 Å². The lowest BCUT2D eigenvalue weighted by atomic mass is 10.2. The van der Waals surface area contributed by atoms with E-state index in [0.717, 1.165) is 0 Å². The molecule has 0 aliphatic rings. The Kier molecular flexibility index (Phi) is 7.11. The van der Waals surface area contributed by atoms with Crippen LogP contribution in [-0.2, 0) is 16.1 Å². The third kappa shape index (κ3) is 7.54. The molecule has 0 aromatic heterocycles. The second-order valence-electron chi connectivity index (χ2n) is 5.97. The smallest absolute Gasteiger partial charge is 0.269 e. The molecule has 1 aromatic rings. The van der Waals surface area contributed by atoms with Gasteiger partial charge in [-0.3, -0.25) is 14.9 Å². The van der Waals surface area contributed by atoms with Gasteiger partial charge in [-0.2, -0.15) is 0 Å². The number of non-ortho nitro benzene ring substituents is 1. The molecule has 0 heterocycles. The van der Waals surface area contributed by atoms with E-state index in [4.69, 9.17) is 4.74 Å². The number of rotatable bonds is 7. The Balaban J connectivity index is 2.47. The van der Waals surface area contributed by atoms with E-state index < -0.39 is 16.8 Å². The Labute approximate surface area is 143 Å². The van der Waals surface area contributed by atoms with Crippen molar-refractivity contribution in [2.45, 2.75) is 52.0 Å². The Hall–Kier alpha value is -1.51. The normalized spacial score (nSPS) is 12.7. The molecule has 0 fully saturated rings. The number of carbonyl (C=O) groups is 1. The largest absolute Gasteiger partial charge is 0.368 e. The minimum absolute atomic E-state index is 0.0390. The van der Waals surface area contributed by atoms with Crippen molar-refractivity contribution in [3.05, 3.63) is 38.3 Å². The van der Waals surface area contributed by atoms with Gasteiger partial charge in [0, 0.05) is 29.4 Å². The quantitative estimate of drug-likeness (QED) is 0.439. The van der Waals surface area contributed by atoms with Crippen molar-refractivity contribution in [3.63, 3.8) is 0 Å². The van der Waals surface area contributed by atoms with Crippen molar-refractivity contribution < 1.29 is 19.6 Å². The van der Waals surface area contributed by atoms with Gasteiger partial charge < -0.3 is 9.84 Å². The fourth-order valence-corrected chi connectivity index (χ4v) is 2.13. The summed E-state index contributed by atoms with van der Waals surface area (Å²) in [6, 6.07) is 4.29. The van der Waals surface area contributed by atoms with Gasteiger partial charge in [0.1, 0.15) is 0 Å². The van der Waals surface area contributed by atoms with Crippen LogP contribution in [0.4, 0.5) is 5.69 Å². The van der Waals surface area contributed by atoms with Gasteiger partial charge in [-0.1, -0.05) is 15.9 Å². The van der Waals surface area contributed by atoms with Crippen molar-refractivity contribution in [1.82, 2.24) is 5.32 Å². The number of aliphatic hydroxyl groups is 1. The van der Waals surface area contributed by atoms with Crippen LogP contribution in [0.3, 0.4) is 0 Å². The Bertz CT molecular complexity index is 571. The van der Waals surface area contributed by atoms with Gasteiger partial charge in [0.15, 0.2) is 6.29 Å². The molecule has 1 atom stereocenters. The summed E-state index contributed by atoms with van der Waals surface area (Å²) in [5.41, 5.74) is 0.00636. The standard InChI is InChI=1S/C15H20BrN2O5/c1-15(2,3)23-14(20)7-6-13(19)17-9-10-8-11(18(21)22)4-5-12(10)16/h4-5,8,14,20H,6-7,9H2,1-3H3. The number of aliphatic hydroxyl groups excluding tert-OH is 1. The van der Waals surface area contributed by atoms with E-state index in [1.165, 1.54) is 12.1 Å². The molecule has 7 nitrogen and oxygen atoms in total. The van der Waals surface area contributed by atoms with Gasteiger partial charge in [-0.05, 0) is 32.4 Å². The molecule has 1 unspecified atom stereocenters.